The van der Waals surface area contributed by atoms with Crippen LogP contribution in [0.15, 0.2) is 78.9 Å². The van der Waals surface area contributed by atoms with Gasteiger partial charge >= 0.3 is 0 Å². The van der Waals surface area contributed by atoms with Crippen molar-refractivity contribution in [3.05, 3.63) is 95.6 Å². The summed E-state index contributed by atoms with van der Waals surface area (Å²) in [4.78, 5) is 0. The van der Waals surface area contributed by atoms with Crippen LogP contribution in [0.3, 0.4) is 0 Å². The normalized spacial score (nSPS) is 13.4. The van der Waals surface area contributed by atoms with Gasteiger partial charge in [0.2, 0.25) is 0 Å². The van der Waals surface area contributed by atoms with Crippen LogP contribution in [0.5, 0.6) is 0 Å². The molecular formula is C22H18. The van der Waals surface area contributed by atoms with Gasteiger partial charge in [-0.15, -0.1) is 0 Å². The number of allylic oxidation sites excluding steroid dienone is 1. The number of hydrogen-bond donors (Lipinski definition) is 0. The maximum absolute atomic E-state index is 2.35. The third-order valence-corrected chi connectivity index (χ3v) is 4.39. The van der Waals surface area contributed by atoms with E-state index in [0.717, 1.165) is 12.8 Å². The van der Waals surface area contributed by atoms with E-state index < -0.39 is 0 Å². The summed E-state index contributed by atoms with van der Waals surface area (Å²) in [6, 6.07) is 28.2. The smallest absolute Gasteiger partial charge is 0.0181 e. The number of rotatable bonds is 2. The lowest BCUT2D eigenvalue weighted by Gasteiger charge is -2.18. The molecule has 0 bridgehead atoms. The standard InChI is InChI=1S/C22H18/c1-3-7-17(8-4-1)19-11-13-22-16-20(12-14-21(22)15-19)18-9-5-2-6-10-18/h1-11,13,15-16H,12,14H2. The average Bonchev–Trinajstić information content (AvgIpc) is 2.62. The van der Waals surface area contributed by atoms with Gasteiger partial charge in [0.1, 0.15) is 0 Å². The Labute approximate surface area is 131 Å². The van der Waals surface area contributed by atoms with Crippen molar-refractivity contribution in [1.82, 2.24) is 0 Å². The number of benzene rings is 3. The predicted octanol–water partition coefficient (Wildman–Crippen LogP) is 5.84. The first-order valence-electron chi connectivity index (χ1n) is 7.84. The minimum absolute atomic E-state index is 1.12. The van der Waals surface area contributed by atoms with Crippen molar-refractivity contribution in [2.45, 2.75) is 12.8 Å². The summed E-state index contributed by atoms with van der Waals surface area (Å²) in [7, 11) is 0. The molecule has 0 aromatic heterocycles. The molecule has 0 N–H and O–H groups in total. The van der Waals surface area contributed by atoms with Crippen LogP contribution >= 0.6 is 0 Å². The molecule has 0 saturated heterocycles. The molecule has 0 aliphatic heterocycles. The van der Waals surface area contributed by atoms with E-state index in [-0.39, 0.29) is 0 Å². The lowest BCUT2D eigenvalue weighted by Crippen LogP contribution is -1.99. The topological polar surface area (TPSA) is 0 Å². The third-order valence-electron chi connectivity index (χ3n) is 4.39. The molecule has 0 atom stereocenters. The fourth-order valence-electron chi connectivity index (χ4n) is 3.18. The van der Waals surface area contributed by atoms with E-state index in [1.807, 2.05) is 0 Å². The Hall–Kier alpha value is -2.60. The van der Waals surface area contributed by atoms with Gasteiger partial charge in [-0.3, -0.25) is 0 Å². The predicted molar refractivity (Wildman–Crippen MR) is 94.5 cm³/mol. The molecule has 0 spiro atoms. The van der Waals surface area contributed by atoms with Crippen molar-refractivity contribution >= 4 is 11.6 Å². The van der Waals surface area contributed by atoms with Gasteiger partial charge < -0.3 is 0 Å². The van der Waals surface area contributed by atoms with Crippen LogP contribution in [0.1, 0.15) is 23.1 Å². The van der Waals surface area contributed by atoms with Crippen LogP contribution in [-0.4, -0.2) is 0 Å². The molecule has 0 unspecified atom stereocenters. The van der Waals surface area contributed by atoms with Gasteiger partial charge in [0.25, 0.3) is 0 Å². The van der Waals surface area contributed by atoms with Crippen molar-refractivity contribution in [3.8, 4) is 11.1 Å². The molecule has 0 saturated carbocycles. The molecule has 3 aromatic rings. The molecule has 0 heterocycles. The minimum Gasteiger partial charge on any atom is -0.0622 e. The average molecular weight is 282 g/mol. The second-order valence-corrected chi connectivity index (χ2v) is 5.82. The Kier molecular flexibility index (Phi) is 3.36. The lowest BCUT2D eigenvalue weighted by atomic mass is 9.87. The molecule has 22 heavy (non-hydrogen) atoms. The summed E-state index contributed by atoms with van der Waals surface area (Å²) in [5.41, 5.74) is 8.23. The van der Waals surface area contributed by atoms with Crippen LogP contribution < -0.4 is 0 Å². The van der Waals surface area contributed by atoms with Crippen molar-refractivity contribution < 1.29 is 0 Å². The SMILES string of the molecule is C1=C(c2ccccc2)CCc2cc(-c3ccccc3)ccc21. The zero-order valence-corrected chi connectivity index (χ0v) is 12.5. The molecule has 3 aromatic carbocycles. The van der Waals surface area contributed by atoms with Crippen molar-refractivity contribution in [1.29, 1.82) is 0 Å². The number of aryl methyl sites for hydroxylation is 1. The molecule has 0 fully saturated rings. The molecule has 1 aliphatic carbocycles. The van der Waals surface area contributed by atoms with E-state index in [1.54, 1.807) is 0 Å². The largest absolute Gasteiger partial charge is 0.0622 e. The zero-order valence-electron chi connectivity index (χ0n) is 12.5. The highest BCUT2D eigenvalue weighted by atomic mass is 14.2. The Morgan fingerprint density at radius 1 is 0.545 bits per heavy atom. The summed E-state index contributed by atoms with van der Waals surface area (Å²) in [6.07, 6.45) is 4.59. The Morgan fingerprint density at radius 3 is 1.95 bits per heavy atom. The second kappa shape index (κ2) is 5.65. The van der Waals surface area contributed by atoms with E-state index in [9.17, 15) is 0 Å². The molecule has 0 nitrogen and oxygen atoms in total. The van der Waals surface area contributed by atoms with Crippen LogP contribution in [0.2, 0.25) is 0 Å². The monoisotopic (exact) mass is 282 g/mol. The maximum atomic E-state index is 2.35. The first kappa shape index (κ1) is 13.1. The van der Waals surface area contributed by atoms with Gasteiger partial charge in [0, 0.05) is 0 Å². The fraction of sp³-hybridized carbons (Fsp3) is 0.0909. The first-order chi connectivity index (χ1) is 10.9. The molecule has 0 radical (unpaired) electrons. The summed E-state index contributed by atoms with van der Waals surface area (Å²) < 4.78 is 0. The van der Waals surface area contributed by atoms with Crippen LogP contribution in [0.4, 0.5) is 0 Å². The van der Waals surface area contributed by atoms with Gasteiger partial charge in [-0.05, 0) is 46.2 Å². The van der Waals surface area contributed by atoms with Crippen LogP contribution in [0, 0.1) is 0 Å². The van der Waals surface area contributed by atoms with Crippen molar-refractivity contribution in [3.63, 3.8) is 0 Å². The molecule has 4 rings (SSSR count). The summed E-state index contributed by atoms with van der Waals surface area (Å²) in [6.45, 7) is 0. The fourth-order valence-corrected chi connectivity index (χ4v) is 3.18. The van der Waals surface area contributed by atoms with E-state index in [0.29, 0.717) is 0 Å². The van der Waals surface area contributed by atoms with Crippen molar-refractivity contribution in [2.75, 3.05) is 0 Å². The van der Waals surface area contributed by atoms with E-state index in [4.69, 9.17) is 0 Å². The minimum atomic E-state index is 1.12. The quantitative estimate of drug-likeness (QED) is 0.554. The molecule has 0 amide bonds. The van der Waals surface area contributed by atoms with E-state index in [2.05, 4.69) is 84.9 Å². The van der Waals surface area contributed by atoms with Gasteiger partial charge in [-0.25, -0.2) is 0 Å². The summed E-state index contributed by atoms with van der Waals surface area (Å²) in [5.74, 6) is 0. The van der Waals surface area contributed by atoms with E-state index >= 15 is 0 Å². The van der Waals surface area contributed by atoms with Crippen molar-refractivity contribution in [2.24, 2.45) is 0 Å². The van der Waals surface area contributed by atoms with Crippen LogP contribution in [0.25, 0.3) is 22.8 Å². The highest BCUT2D eigenvalue weighted by Gasteiger charge is 2.12. The van der Waals surface area contributed by atoms with Gasteiger partial charge in [0.15, 0.2) is 0 Å². The molecule has 1 aliphatic rings. The zero-order chi connectivity index (χ0) is 14.8. The lowest BCUT2D eigenvalue weighted by molar-refractivity contribution is 1.00. The Bertz CT molecular complexity index is 811. The van der Waals surface area contributed by atoms with Gasteiger partial charge in [-0.2, -0.15) is 0 Å². The molecular weight excluding hydrogens is 264 g/mol. The first-order valence-corrected chi connectivity index (χ1v) is 7.84. The highest BCUT2D eigenvalue weighted by Crippen LogP contribution is 2.32. The highest BCUT2D eigenvalue weighted by molar-refractivity contribution is 5.85. The number of fused-ring (bicyclic) bond motifs is 1. The third kappa shape index (κ3) is 2.48. The Balaban J connectivity index is 1.71. The van der Waals surface area contributed by atoms with Gasteiger partial charge in [0.05, 0.1) is 0 Å². The number of hydrogen-bond acceptors (Lipinski definition) is 0. The van der Waals surface area contributed by atoms with Crippen LogP contribution in [-0.2, 0) is 6.42 Å². The van der Waals surface area contributed by atoms with E-state index in [1.165, 1.54) is 33.4 Å². The summed E-state index contributed by atoms with van der Waals surface area (Å²) >= 11 is 0. The summed E-state index contributed by atoms with van der Waals surface area (Å²) in [5, 5.41) is 0. The molecule has 106 valence electrons. The maximum Gasteiger partial charge on any atom is -0.0181 e. The Morgan fingerprint density at radius 2 is 1.23 bits per heavy atom. The second-order valence-electron chi connectivity index (χ2n) is 5.82. The van der Waals surface area contributed by atoms with Gasteiger partial charge in [-0.1, -0.05) is 84.9 Å². The molecule has 0 heteroatoms.